The van der Waals surface area contributed by atoms with Crippen LogP contribution in [0.15, 0.2) is 0 Å². The first-order valence-corrected chi connectivity index (χ1v) is 7.85. The lowest BCUT2D eigenvalue weighted by molar-refractivity contribution is -0.156. The fourth-order valence-corrected chi connectivity index (χ4v) is 3.43. The Bertz CT molecular complexity index is 395. The highest BCUT2D eigenvalue weighted by atomic mass is 16.6. The van der Waals surface area contributed by atoms with Gasteiger partial charge in [-0.2, -0.15) is 0 Å². The van der Waals surface area contributed by atoms with Gasteiger partial charge in [0.1, 0.15) is 6.10 Å². The number of carboxylic acids is 1. The molecule has 0 aromatic carbocycles. The summed E-state index contributed by atoms with van der Waals surface area (Å²) in [7, 11) is 0. The second-order valence-corrected chi connectivity index (χ2v) is 6.43. The molecule has 2 heterocycles. The number of likely N-dealkylation sites (tertiary alicyclic amines) is 1. The number of nitrogens with zero attached hydrogens (tertiary/aromatic N) is 1. The topological polar surface area (TPSA) is 78.9 Å². The van der Waals surface area contributed by atoms with Crippen LogP contribution in [-0.2, 0) is 9.53 Å². The Hall–Kier alpha value is -1.30. The van der Waals surface area contributed by atoms with Gasteiger partial charge in [-0.3, -0.25) is 4.79 Å². The Morgan fingerprint density at radius 2 is 2.00 bits per heavy atom. The average Bonchev–Trinajstić information content (AvgIpc) is 2.48. The van der Waals surface area contributed by atoms with E-state index in [1.807, 2.05) is 6.92 Å². The second-order valence-electron chi connectivity index (χ2n) is 6.43. The molecule has 0 bridgehead atoms. The van der Waals surface area contributed by atoms with Crippen LogP contribution in [0.2, 0.25) is 0 Å². The lowest BCUT2D eigenvalue weighted by atomic mass is 9.70. The van der Waals surface area contributed by atoms with Crippen LogP contribution in [0.5, 0.6) is 0 Å². The van der Waals surface area contributed by atoms with E-state index in [2.05, 4.69) is 5.32 Å². The third kappa shape index (κ3) is 3.48. The third-order valence-corrected chi connectivity index (χ3v) is 4.90. The number of amides is 1. The molecule has 2 fully saturated rings. The molecule has 0 aromatic heterocycles. The van der Waals surface area contributed by atoms with E-state index in [0.717, 1.165) is 38.9 Å². The maximum absolute atomic E-state index is 12.2. The lowest BCUT2D eigenvalue weighted by Crippen LogP contribution is -2.54. The van der Waals surface area contributed by atoms with Crippen molar-refractivity contribution in [3.63, 3.8) is 0 Å². The summed E-state index contributed by atoms with van der Waals surface area (Å²) in [5.74, 6) is -0.995. The molecule has 2 saturated heterocycles. The van der Waals surface area contributed by atoms with E-state index in [1.54, 1.807) is 11.8 Å². The number of rotatable bonds is 3. The summed E-state index contributed by atoms with van der Waals surface area (Å²) in [5.41, 5.74) is -0.889. The van der Waals surface area contributed by atoms with Crippen LogP contribution in [0.4, 0.5) is 4.79 Å². The highest BCUT2D eigenvalue weighted by Gasteiger charge is 2.47. The van der Waals surface area contributed by atoms with Crippen molar-refractivity contribution in [2.75, 3.05) is 26.2 Å². The summed E-state index contributed by atoms with van der Waals surface area (Å²) >= 11 is 0. The summed E-state index contributed by atoms with van der Waals surface area (Å²) in [6, 6.07) is 0. The molecule has 2 N–H and O–H groups in total. The first-order chi connectivity index (χ1) is 9.95. The molecular weight excluding hydrogens is 272 g/mol. The summed E-state index contributed by atoms with van der Waals surface area (Å²) < 4.78 is 5.57. The van der Waals surface area contributed by atoms with E-state index < -0.39 is 11.4 Å². The van der Waals surface area contributed by atoms with Gasteiger partial charge in [-0.05, 0) is 46.1 Å². The summed E-state index contributed by atoms with van der Waals surface area (Å²) in [4.78, 5) is 25.5. The van der Waals surface area contributed by atoms with E-state index in [-0.39, 0.29) is 18.1 Å². The van der Waals surface area contributed by atoms with Gasteiger partial charge in [-0.15, -0.1) is 0 Å². The van der Waals surface area contributed by atoms with Gasteiger partial charge in [-0.1, -0.05) is 0 Å². The molecule has 2 rings (SSSR count). The maximum Gasteiger partial charge on any atom is 0.410 e. The van der Waals surface area contributed by atoms with Gasteiger partial charge in [0, 0.05) is 25.6 Å². The van der Waals surface area contributed by atoms with Crippen molar-refractivity contribution < 1.29 is 19.4 Å². The Morgan fingerprint density at radius 1 is 1.33 bits per heavy atom. The number of carbonyl (C=O) groups excluding carboxylic acids is 1. The highest BCUT2D eigenvalue weighted by molar-refractivity contribution is 5.75. The van der Waals surface area contributed by atoms with Crippen molar-refractivity contribution >= 4 is 12.1 Å². The first kappa shape index (κ1) is 16.1. The number of ether oxygens (including phenoxy) is 1. The Kier molecular flexibility index (Phi) is 5.08. The van der Waals surface area contributed by atoms with E-state index in [4.69, 9.17) is 4.74 Å². The largest absolute Gasteiger partial charge is 0.481 e. The minimum absolute atomic E-state index is 0.162. The molecule has 3 unspecified atom stereocenters. The Balaban J connectivity index is 1.98. The number of aliphatic carboxylic acids is 1. The lowest BCUT2D eigenvalue weighted by Gasteiger charge is -2.41. The van der Waals surface area contributed by atoms with Crippen LogP contribution in [0, 0.1) is 11.3 Å². The quantitative estimate of drug-likeness (QED) is 0.829. The molecule has 6 nitrogen and oxygen atoms in total. The smallest absolute Gasteiger partial charge is 0.410 e. The van der Waals surface area contributed by atoms with Gasteiger partial charge < -0.3 is 20.1 Å². The molecule has 0 aromatic rings. The highest BCUT2D eigenvalue weighted by Crippen LogP contribution is 2.36. The van der Waals surface area contributed by atoms with Gasteiger partial charge in [-0.25, -0.2) is 4.79 Å². The van der Waals surface area contributed by atoms with Gasteiger partial charge in [0.05, 0.1) is 5.41 Å². The van der Waals surface area contributed by atoms with Crippen molar-refractivity contribution in [3.8, 4) is 0 Å². The van der Waals surface area contributed by atoms with Crippen molar-refractivity contribution in [2.24, 2.45) is 11.3 Å². The number of hydrogen-bond donors (Lipinski definition) is 2. The van der Waals surface area contributed by atoms with Crippen LogP contribution in [0.25, 0.3) is 0 Å². The first-order valence-electron chi connectivity index (χ1n) is 7.85. The molecule has 21 heavy (non-hydrogen) atoms. The van der Waals surface area contributed by atoms with E-state index in [0.29, 0.717) is 13.0 Å². The molecule has 1 amide bonds. The number of carbonyl (C=O) groups is 2. The van der Waals surface area contributed by atoms with Crippen molar-refractivity contribution in [1.82, 2.24) is 10.2 Å². The van der Waals surface area contributed by atoms with Crippen LogP contribution >= 0.6 is 0 Å². The zero-order valence-electron chi connectivity index (χ0n) is 12.9. The average molecular weight is 298 g/mol. The molecule has 2 aliphatic rings. The molecule has 0 aliphatic carbocycles. The molecule has 0 saturated carbocycles. The summed E-state index contributed by atoms with van der Waals surface area (Å²) in [5, 5.41) is 12.6. The minimum atomic E-state index is -0.889. The Morgan fingerprint density at radius 3 is 2.62 bits per heavy atom. The Labute approximate surface area is 125 Å². The molecule has 3 atom stereocenters. The SMILES string of the molecule is CC(OC(=O)N1CCCCC1)C1CCNCC1(C)C(=O)O. The van der Waals surface area contributed by atoms with Crippen LogP contribution in [0.1, 0.15) is 39.5 Å². The van der Waals surface area contributed by atoms with Gasteiger partial charge >= 0.3 is 12.1 Å². The standard InChI is InChI=1S/C15H26N2O4/c1-11(21-14(20)17-8-4-3-5-9-17)12-6-7-16-10-15(12,2)13(18)19/h11-12,16H,3-10H2,1-2H3,(H,18,19). The summed E-state index contributed by atoms with van der Waals surface area (Å²) in [6.45, 7) is 6.22. The van der Waals surface area contributed by atoms with Gasteiger partial charge in [0.15, 0.2) is 0 Å². The fraction of sp³-hybridized carbons (Fsp3) is 0.867. The van der Waals surface area contributed by atoms with Gasteiger partial charge in [0.2, 0.25) is 0 Å². The molecular formula is C15H26N2O4. The zero-order chi connectivity index (χ0) is 15.5. The predicted octanol–water partition coefficient (Wildman–Crippen LogP) is 1.70. The minimum Gasteiger partial charge on any atom is -0.481 e. The maximum atomic E-state index is 12.2. The molecule has 6 heteroatoms. The number of piperidine rings is 2. The zero-order valence-corrected chi connectivity index (χ0v) is 12.9. The van der Waals surface area contributed by atoms with E-state index >= 15 is 0 Å². The predicted molar refractivity (Wildman–Crippen MR) is 78.1 cm³/mol. The molecule has 0 radical (unpaired) electrons. The van der Waals surface area contributed by atoms with Crippen molar-refractivity contribution in [1.29, 1.82) is 0 Å². The molecule has 120 valence electrons. The molecule has 2 aliphatic heterocycles. The monoisotopic (exact) mass is 298 g/mol. The number of nitrogens with one attached hydrogen (secondary N) is 1. The van der Waals surface area contributed by atoms with Crippen LogP contribution in [-0.4, -0.2) is 54.4 Å². The number of carboxylic acid groups (broad SMARTS) is 1. The van der Waals surface area contributed by atoms with E-state index in [1.165, 1.54) is 0 Å². The third-order valence-electron chi connectivity index (χ3n) is 4.90. The number of hydrogen-bond acceptors (Lipinski definition) is 4. The van der Waals surface area contributed by atoms with Crippen molar-refractivity contribution in [3.05, 3.63) is 0 Å². The normalized spacial score (nSPS) is 31.5. The molecule has 0 spiro atoms. The van der Waals surface area contributed by atoms with E-state index in [9.17, 15) is 14.7 Å². The second kappa shape index (κ2) is 6.64. The van der Waals surface area contributed by atoms with Gasteiger partial charge in [0.25, 0.3) is 0 Å². The summed E-state index contributed by atoms with van der Waals surface area (Å²) in [6.07, 6.45) is 3.21. The van der Waals surface area contributed by atoms with Crippen molar-refractivity contribution in [2.45, 2.75) is 45.6 Å². The van der Waals surface area contributed by atoms with Crippen LogP contribution in [0.3, 0.4) is 0 Å². The van der Waals surface area contributed by atoms with Crippen LogP contribution < -0.4 is 5.32 Å². The fourth-order valence-electron chi connectivity index (χ4n) is 3.43.